The first kappa shape index (κ1) is 13.4. The van der Waals surface area contributed by atoms with Crippen molar-refractivity contribution in [2.24, 2.45) is 0 Å². The van der Waals surface area contributed by atoms with Crippen LogP contribution < -0.4 is 9.77 Å². The average molecular weight is 310 g/mol. The minimum atomic E-state index is -0.0809. The molecule has 0 radical (unpaired) electrons. The van der Waals surface area contributed by atoms with Gasteiger partial charge in [0.1, 0.15) is 5.01 Å². The standard InChI is InChI=1S/C12H14N4O2S2/c1-7-14-15(12(18)20-7)5-9-6-19-11(13-9)16(8(2)17)10-3-4-10/h6,10H,3-5H2,1-2H3. The lowest BCUT2D eigenvalue weighted by molar-refractivity contribution is -0.116. The van der Waals surface area contributed by atoms with Gasteiger partial charge in [-0.25, -0.2) is 9.67 Å². The van der Waals surface area contributed by atoms with Gasteiger partial charge in [0, 0.05) is 18.3 Å². The number of carbonyl (C=O) groups is 1. The van der Waals surface area contributed by atoms with Crippen molar-refractivity contribution in [2.45, 2.75) is 39.3 Å². The summed E-state index contributed by atoms with van der Waals surface area (Å²) in [5, 5.41) is 7.49. The predicted octanol–water partition coefficient (Wildman–Crippen LogP) is 1.63. The van der Waals surface area contributed by atoms with Crippen molar-refractivity contribution >= 4 is 33.7 Å². The van der Waals surface area contributed by atoms with E-state index in [0.29, 0.717) is 12.6 Å². The molecule has 1 amide bonds. The maximum atomic E-state index is 11.7. The van der Waals surface area contributed by atoms with Gasteiger partial charge in [0.25, 0.3) is 0 Å². The molecule has 1 fully saturated rings. The zero-order valence-corrected chi connectivity index (χ0v) is 12.8. The number of anilines is 1. The minimum Gasteiger partial charge on any atom is -0.285 e. The van der Waals surface area contributed by atoms with Gasteiger partial charge in [0.2, 0.25) is 5.91 Å². The maximum absolute atomic E-state index is 11.7. The number of hydrogen-bond acceptors (Lipinski definition) is 6. The third kappa shape index (κ3) is 2.66. The molecule has 20 heavy (non-hydrogen) atoms. The maximum Gasteiger partial charge on any atom is 0.325 e. The normalized spacial score (nSPS) is 14.5. The van der Waals surface area contributed by atoms with E-state index in [1.54, 1.807) is 18.7 Å². The van der Waals surface area contributed by atoms with E-state index in [1.165, 1.54) is 16.0 Å². The Morgan fingerprint density at radius 2 is 2.30 bits per heavy atom. The third-order valence-electron chi connectivity index (χ3n) is 3.02. The lowest BCUT2D eigenvalue weighted by Gasteiger charge is -2.16. The van der Waals surface area contributed by atoms with Gasteiger partial charge in [-0.05, 0) is 19.8 Å². The van der Waals surface area contributed by atoms with E-state index in [-0.39, 0.29) is 10.8 Å². The van der Waals surface area contributed by atoms with E-state index in [4.69, 9.17) is 0 Å². The van der Waals surface area contributed by atoms with E-state index >= 15 is 0 Å². The lowest BCUT2D eigenvalue weighted by atomic mass is 10.5. The molecule has 0 saturated heterocycles. The van der Waals surface area contributed by atoms with Crippen molar-refractivity contribution in [3.63, 3.8) is 0 Å². The van der Waals surface area contributed by atoms with Gasteiger partial charge in [-0.3, -0.25) is 14.5 Å². The Morgan fingerprint density at radius 1 is 1.55 bits per heavy atom. The van der Waals surface area contributed by atoms with Crippen molar-refractivity contribution in [3.8, 4) is 0 Å². The summed E-state index contributed by atoms with van der Waals surface area (Å²) in [6, 6.07) is 0.302. The smallest absolute Gasteiger partial charge is 0.285 e. The number of hydrogen-bond donors (Lipinski definition) is 0. The van der Waals surface area contributed by atoms with Crippen molar-refractivity contribution in [1.82, 2.24) is 14.8 Å². The van der Waals surface area contributed by atoms with Gasteiger partial charge in [0.15, 0.2) is 5.13 Å². The monoisotopic (exact) mass is 310 g/mol. The highest BCUT2D eigenvalue weighted by Gasteiger charge is 2.33. The zero-order valence-electron chi connectivity index (χ0n) is 11.2. The van der Waals surface area contributed by atoms with Gasteiger partial charge in [-0.1, -0.05) is 11.3 Å². The first-order valence-corrected chi connectivity index (χ1v) is 8.03. The van der Waals surface area contributed by atoms with E-state index < -0.39 is 0 Å². The topological polar surface area (TPSA) is 68.1 Å². The van der Waals surface area contributed by atoms with Crippen molar-refractivity contribution < 1.29 is 4.79 Å². The number of rotatable bonds is 4. The molecule has 0 aromatic carbocycles. The summed E-state index contributed by atoms with van der Waals surface area (Å²) in [6.45, 7) is 3.73. The highest BCUT2D eigenvalue weighted by molar-refractivity contribution is 7.14. The van der Waals surface area contributed by atoms with Crippen LogP contribution >= 0.6 is 22.7 Å². The Labute approximate surface area is 123 Å². The Hall–Kier alpha value is -1.54. The highest BCUT2D eigenvalue weighted by Crippen LogP contribution is 2.33. The van der Waals surface area contributed by atoms with Crippen molar-refractivity contribution in [3.05, 3.63) is 25.7 Å². The lowest BCUT2D eigenvalue weighted by Crippen LogP contribution is -2.30. The van der Waals surface area contributed by atoms with Crippen LogP contribution in [-0.2, 0) is 11.3 Å². The van der Waals surface area contributed by atoms with Gasteiger partial charge < -0.3 is 0 Å². The zero-order chi connectivity index (χ0) is 14.3. The van der Waals surface area contributed by atoms with Crippen LogP contribution in [0.3, 0.4) is 0 Å². The van der Waals surface area contributed by atoms with Crippen LogP contribution in [0, 0.1) is 6.92 Å². The number of aryl methyl sites for hydroxylation is 1. The molecule has 2 aromatic heterocycles. The SMILES string of the molecule is CC(=O)N(c1nc(Cn2nc(C)sc2=O)cs1)C1CC1. The molecule has 8 heteroatoms. The molecule has 6 nitrogen and oxygen atoms in total. The minimum absolute atomic E-state index is 0.0232. The van der Waals surface area contributed by atoms with Crippen LogP contribution in [0.5, 0.6) is 0 Å². The number of amides is 1. The summed E-state index contributed by atoms with van der Waals surface area (Å²) in [5.74, 6) is 0.0232. The largest absolute Gasteiger partial charge is 0.325 e. The molecular formula is C12H14N4O2S2. The fraction of sp³-hybridized carbons (Fsp3) is 0.500. The van der Waals surface area contributed by atoms with Gasteiger partial charge in [-0.15, -0.1) is 11.3 Å². The molecule has 1 saturated carbocycles. The highest BCUT2D eigenvalue weighted by atomic mass is 32.1. The van der Waals surface area contributed by atoms with Crippen LogP contribution in [0.25, 0.3) is 0 Å². The summed E-state index contributed by atoms with van der Waals surface area (Å²) in [7, 11) is 0. The average Bonchev–Trinajstić information content (AvgIpc) is 2.99. The Morgan fingerprint density at radius 3 is 2.85 bits per heavy atom. The van der Waals surface area contributed by atoms with Gasteiger partial charge in [-0.2, -0.15) is 5.10 Å². The summed E-state index contributed by atoms with van der Waals surface area (Å²) >= 11 is 2.57. The molecule has 0 aliphatic heterocycles. The summed E-state index contributed by atoms with van der Waals surface area (Å²) in [6.07, 6.45) is 2.08. The van der Waals surface area contributed by atoms with E-state index in [9.17, 15) is 9.59 Å². The quantitative estimate of drug-likeness (QED) is 0.861. The number of thiazole rings is 1. The molecular weight excluding hydrogens is 296 g/mol. The van der Waals surface area contributed by atoms with Crippen LogP contribution in [0.1, 0.15) is 30.5 Å². The molecule has 1 aliphatic carbocycles. The third-order valence-corrected chi connectivity index (χ3v) is 4.67. The molecule has 0 unspecified atom stereocenters. The summed E-state index contributed by atoms with van der Waals surface area (Å²) in [5.41, 5.74) is 0.768. The molecule has 0 atom stereocenters. The van der Waals surface area contributed by atoms with Crippen molar-refractivity contribution in [2.75, 3.05) is 4.90 Å². The molecule has 0 bridgehead atoms. The molecule has 0 spiro atoms. The second-order valence-corrected chi connectivity index (χ2v) is 6.77. The van der Waals surface area contributed by atoms with Crippen LogP contribution in [0.4, 0.5) is 5.13 Å². The van der Waals surface area contributed by atoms with E-state index in [1.807, 2.05) is 5.38 Å². The fourth-order valence-corrected chi connectivity index (χ4v) is 3.56. The Bertz CT molecular complexity index is 698. The second kappa shape index (κ2) is 5.10. The summed E-state index contributed by atoms with van der Waals surface area (Å²) in [4.78, 5) is 29.5. The molecule has 106 valence electrons. The first-order valence-electron chi connectivity index (χ1n) is 6.33. The fourth-order valence-electron chi connectivity index (χ4n) is 2.02. The number of carbonyl (C=O) groups excluding carboxylic acids is 1. The van der Waals surface area contributed by atoms with E-state index in [0.717, 1.165) is 40.0 Å². The molecule has 2 aromatic rings. The number of aromatic nitrogens is 3. The van der Waals surface area contributed by atoms with Gasteiger partial charge >= 0.3 is 4.87 Å². The molecule has 0 N–H and O–H groups in total. The van der Waals surface area contributed by atoms with Gasteiger partial charge in [0.05, 0.1) is 12.2 Å². The molecule has 3 rings (SSSR count). The Balaban J connectivity index is 1.81. The predicted molar refractivity (Wildman–Crippen MR) is 78.5 cm³/mol. The van der Waals surface area contributed by atoms with Crippen molar-refractivity contribution in [1.29, 1.82) is 0 Å². The van der Waals surface area contributed by atoms with Crippen LogP contribution in [0.15, 0.2) is 10.2 Å². The van der Waals surface area contributed by atoms with E-state index in [2.05, 4.69) is 10.1 Å². The Kier molecular flexibility index (Phi) is 3.43. The summed E-state index contributed by atoms with van der Waals surface area (Å²) < 4.78 is 1.41. The molecule has 2 heterocycles. The second-order valence-electron chi connectivity index (χ2n) is 4.79. The van der Waals surface area contributed by atoms with Crippen LogP contribution in [0.2, 0.25) is 0 Å². The molecule has 1 aliphatic rings. The first-order chi connectivity index (χ1) is 9.54. The number of nitrogens with zero attached hydrogens (tertiary/aromatic N) is 4. The van der Waals surface area contributed by atoms with Crippen LogP contribution in [-0.4, -0.2) is 26.7 Å².